The van der Waals surface area contributed by atoms with Gasteiger partial charge in [-0.15, -0.1) is 0 Å². The summed E-state index contributed by atoms with van der Waals surface area (Å²) in [5.41, 5.74) is 6.56. The zero-order chi connectivity index (χ0) is 24.0. The van der Waals surface area contributed by atoms with E-state index in [1.807, 2.05) is 31.3 Å². The maximum absolute atomic E-state index is 9.07. The van der Waals surface area contributed by atoms with E-state index in [9.17, 15) is 0 Å². The van der Waals surface area contributed by atoms with E-state index in [0.717, 1.165) is 42.1 Å². The third-order valence-corrected chi connectivity index (χ3v) is 5.52. The third kappa shape index (κ3) is 7.72. The molecule has 0 radical (unpaired) electrons. The molecule has 0 amide bonds. The molecule has 0 fully saturated rings. The Labute approximate surface area is 203 Å². The van der Waals surface area contributed by atoms with Crippen LogP contribution in [0.5, 0.6) is 5.75 Å². The second kappa shape index (κ2) is 14.2. The van der Waals surface area contributed by atoms with Crippen LogP contribution in [0, 0.1) is 18.8 Å². The van der Waals surface area contributed by atoms with Crippen LogP contribution in [-0.4, -0.2) is 51.5 Å². The lowest BCUT2D eigenvalue weighted by atomic mass is 9.96. The quantitative estimate of drug-likeness (QED) is 0.248. The lowest BCUT2D eigenvalue weighted by Crippen LogP contribution is -2.28. The number of nitrogens with one attached hydrogen (secondary N) is 3. The van der Waals surface area contributed by atoms with Gasteiger partial charge in [0.15, 0.2) is 0 Å². The number of likely N-dealkylation sites (N-methyl/N-ethyl adjacent to an activating group) is 1. The first-order valence-electron chi connectivity index (χ1n) is 11.8. The molecule has 3 aromatic carbocycles. The average molecular weight is 458 g/mol. The van der Waals surface area contributed by atoms with Crippen LogP contribution < -0.4 is 20.7 Å². The van der Waals surface area contributed by atoms with E-state index in [-0.39, 0.29) is 6.61 Å². The van der Waals surface area contributed by atoms with Crippen LogP contribution in [0.2, 0.25) is 0 Å². The van der Waals surface area contributed by atoms with E-state index in [1.165, 1.54) is 16.7 Å². The molecule has 4 N–H and O–H groups in total. The summed E-state index contributed by atoms with van der Waals surface area (Å²) in [6, 6.07) is 22.7. The van der Waals surface area contributed by atoms with Gasteiger partial charge in [0.05, 0.1) is 6.61 Å². The van der Waals surface area contributed by atoms with Gasteiger partial charge in [0, 0.05) is 49.4 Å². The van der Waals surface area contributed by atoms with E-state index in [0.29, 0.717) is 19.7 Å². The van der Waals surface area contributed by atoms with Crippen LogP contribution >= 0.6 is 0 Å². The Morgan fingerprint density at radius 2 is 1.71 bits per heavy atom. The van der Waals surface area contributed by atoms with Crippen LogP contribution in [0.1, 0.15) is 22.3 Å². The molecule has 0 saturated heterocycles. The van der Waals surface area contributed by atoms with Gasteiger partial charge in [-0.05, 0) is 48.9 Å². The number of ether oxygens (including phenoxy) is 1. The molecular weight excluding hydrogens is 422 g/mol. The highest BCUT2D eigenvalue weighted by Crippen LogP contribution is 2.25. The van der Waals surface area contributed by atoms with E-state index in [4.69, 9.17) is 9.84 Å². The molecule has 0 aliphatic rings. The van der Waals surface area contributed by atoms with Crippen LogP contribution in [0.25, 0.3) is 11.1 Å². The normalized spacial score (nSPS) is 10.6. The fraction of sp³-hybridized carbons (Fsp3) is 0.310. The molecule has 5 nitrogen and oxygen atoms in total. The molecule has 0 unspecified atom stereocenters. The highest BCUT2D eigenvalue weighted by Gasteiger charge is 2.07. The Morgan fingerprint density at radius 3 is 2.50 bits per heavy atom. The average Bonchev–Trinajstić information content (AvgIpc) is 2.87. The lowest BCUT2D eigenvalue weighted by Gasteiger charge is -2.13. The van der Waals surface area contributed by atoms with Gasteiger partial charge in [-0.25, -0.2) is 0 Å². The molecule has 34 heavy (non-hydrogen) atoms. The Bertz CT molecular complexity index is 1090. The van der Waals surface area contributed by atoms with Crippen LogP contribution in [0.3, 0.4) is 0 Å². The first-order valence-corrected chi connectivity index (χ1v) is 11.8. The summed E-state index contributed by atoms with van der Waals surface area (Å²) in [4.78, 5) is 0. The molecule has 0 heterocycles. The maximum Gasteiger partial charge on any atom is 0.125 e. The standard InChI is InChI=1S/C29H35N3O2/c1-23-25(9-6-10-28(23)26-7-4-3-5-8-26)13-11-24-12-14-27(22-32-17-19-33)29(21-24)34-20-18-31-16-15-30-2/h3-10,12,14,21,30-33H,15-20,22H2,1-2H3. The van der Waals surface area contributed by atoms with Gasteiger partial charge in [-0.2, -0.15) is 0 Å². The topological polar surface area (TPSA) is 65.5 Å². The Morgan fingerprint density at radius 1 is 0.853 bits per heavy atom. The van der Waals surface area contributed by atoms with E-state index in [2.05, 4.69) is 77.2 Å². The molecule has 0 atom stereocenters. The van der Waals surface area contributed by atoms with Crippen LogP contribution in [0.4, 0.5) is 0 Å². The summed E-state index contributed by atoms with van der Waals surface area (Å²) in [6.45, 7) is 6.58. The van der Waals surface area contributed by atoms with E-state index >= 15 is 0 Å². The molecule has 0 spiro atoms. The minimum Gasteiger partial charge on any atom is -0.492 e. The van der Waals surface area contributed by atoms with E-state index < -0.39 is 0 Å². The smallest absolute Gasteiger partial charge is 0.125 e. The molecule has 178 valence electrons. The van der Waals surface area contributed by atoms with Crippen LogP contribution in [0.15, 0.2) is 66.7 Å². The van der Waals surface area contributed by atoms with Gasteiger partial charge in [0.1, 0.15) is 12.4 Å². The zero-order valence-electron chi connectivity index (χ0n) is 20.2. The van der Waals surface area contributed by atoms with Crippen molar-refractivity contribution in [3.63, 3.8) is 0 Å². The SMILES string of the molecule is CNCCNCCOc1cc(C#Cc2cccc(-c3ccccc3)c2C)ccc1CNCCO. The lowest BCUT2D eigenvalue weighted by molar-refractivity contribution is 0.289. The second-order valence-electron chi connectivity index (χ2n) is 8.02. The van der Waals surface area contributed by atoms with Crippen molar-refractivity contribution in [2.75, 3.05) is 46.4 Å². The first-order chi connectivity index (χ1) is 16.7. The third-order valence-electron chi connectivity index (χ3n) is 5.52. The zero-order valence-corrected chi connectivity index (χ0v) is 20.2. The summed E-state index contributed by atoms with van der Waals surface area (Å²) in [7, 11) is 1.94. The molecule has 0 aliphatic carbocycles. The van der Waals surface area contributed by atoms with Crippen molar-refractivity contribution >= 4 is 0 Å². The minimum atomic E-state index is 0.108. The summed E-state index contributed by atoms with van der Waals surface area (Å²) in [5, 5.41) is 18.8. The maximum atomic E-state index is 9.07. The second-order valence-corrected chi connectivity index (χ2v) is 8.02. The van der Waals surface area contributed by atoms with Gasteiger partial charge in [-0.3, -0.25) is 0 Å². The monoisotopic (exact) mass is 457 g/mol. The Kier molecular flexibility index (Phi) is 10.6. The number of aliphatic hydroxyl groups excluding tert-OH is 1. The summed E-state index contributed by atoms with van der Waals surface area (Å²) in [5.74, 6) is 7.50. The molecule has 0 aromatic heterocycles. The van der Waals surface area contributed by atoms with Gasteiger partial charge in [-0.1, -0.05) is 60.4 Å². The summed E-state index contributed by atoms with van der Waals surface area (Å²) >= 11 is 0. The number of hydrogen-bond acceptors (Lipinski definition) is 5. The van der Waals surface area contributed by atoms with Crippen LogP contribution in [-0.2, 0) is 6.54 Å². The van der Waals surface area contributed by atoms with Crippen molar-refractivity contribution in [3.05, 3.63) is 89.0 Å². The predicted octanol–water partition coefficient (Wildman–Crippen LogP) is 3.33. The Balaban J connectivity index is 1.77. The summed E-state index contributed by atoms with van der Waals surface area (Å²) in [6.07, 6.45) is 0. The fourth-order valence-corrected chi connectivity index (χ4v) is 3.63. The van der Waals surface area contributed by atoms with Crippen molar-refractivity contribution < 1.29 is 9.84 Å². The predicted molar refractivity (Wildman–Crippen MR) is 140 cm³/mol. The van der Waals surface area contributed by atoms with Gasteiger partial charge < -0.3 is 25.8 Å². The minimum absolute atomic E-state index is 0.108. The van der Waals surface area contributed by atoms with Crippen molar-refractivity contribution in [2.24, 2.45) is 0 Å². The molecule has 0 aliphatic heterocycles. The van der Waals surface area contributed by atoms with Gasteiger partial charge in [0.2, 0.25) is 0 Å². The van der Waals surface area contributed by atoms with E-state index in [1.54, 1.807) is 0 Å². The van der Waals surface area contributed by atoms with Gasteiger partial charge in [0.25, 0.3) is 0 Å². The number of hydrogen-bond donors (Lipinski definition) is 4. The van der Waals surface area contributed by atoms with Crippen molar-refractivity contribution in [3.8, 4) is 28.7 Å². The van der Waals surface area contributed by atoms with Crippen molar-refractivity contribution in [2.45, 2.75) is 13.5 Å². The highest BCUT2D eigenvalue weighted by molar-refractivity contribution is 5.70. The Hall–Kier alpha value is -3.14. The number of rotatable bonds is 12. The highest BCUT2D eigenvalue weighted by atomic mass is 16.5. The first kappa shape index (κ1) is 25.5. The largest absolute Gasteiger partial charge is 0.492 e. The summed E-state index contributed by atoms with van der Waals surface area (Å²) < 4.78 is 6.09. The van der Waals surface area contributed by atoms with Crippen molar-refractivity contribution in [1.82, 2.24) is 16.0 Å². The molecule has 5 heteroatoms. The number of benzene rings is 3. The fourth-order valence-electron chi connectivity index (χ4n) is 3.63. The number of aliphatic hydroxyl groups is 1. The molecule has 0 bridgehead atoms. The van der Waals surface area contributed by atoms with Gasteiger partial charge >= 0.3 is 0 Å². The molecule has 3 rings (SSSR count). The molecular formula is C29H35N3O2. The van der Waals surface area contributed by atoms with Crippen molar-refractivity contribution in [1.29, 1.82) is 0 Å². The molecule has 3 aromatic rings. The molecule has 0 saturated carbocycles.